The molecular formula is C16H27N5O3. The molecule has 134 valence electrons. The Hall–Kier alpha value is -2.09. The van der Waals surface area contributed by atoms with Gasteiger partial charge in [0.2, 0.25) is 0 Å². The van der Waals surface area contributed by atoms with E-state index in [4.69, 9.17) is 4.74 Å². The molecule has 2 heterocycles. The molecule has 1 unspecified atom stereocenters. The highest BCUT2D eigenvalue weighted by Crippen LogP contribution is 2.21. The van der Waals surface area contributed by atoms with Crippen LogP contribution in [0.1, 0.15) is 30.9 Å². The van der Waals surface area contributed by atoms with Crippen LogP contribution in [0.2, 0.25) is 0 Å². The monoisotopic (exact) mass is 337 g/mol. The van der Waals surface area contributed by atoms with E-state index in [1.54, 1.807) is 11.7 Å². The highest BCUT2D eigenvalue weighted by Gasteiger charge is 2.24. The zero-order valence-electron chi connectivity index (χ0n) is 14.7. The molecule has 2 rings (SSSR count). The minimum absolute atomic E-state index is 0.00493. The van der Waals surface area contributed by atoms with Gasteiger partial charge in [0.15, 0.2) is 5.96 Å². The smallest absolute Gasteiger partial charge is 0.305 e. The van der Waals surface area contributed by atoms with Crippen LogP contribution in [0.4, 0.5) is 0 Å². The molecule has 0 amide bonds. The minimum Gasteiger partial charge on any atom is -0.469 e. The molecule has 0 aromatic carbocycles. The van der Waals surface area contributed by atoms with Crippen LogP contribution in [0.25, 0.3) is 0 Å². The first-order valence-electron chi connectivity index (χ1n) is 8.26. The van der Waals surface area contributed by atoms with Crippen LogP contribution >= 0.6 is 0 Å². The third kappa shape index (κ3) is 5.23. The second kappa shape index (κ2) is 9.27. The van der Waals surface area contributed by atoms with Gasteiger partial charge in [0.05, 0.1) is 26.5 Å². The maximum absolute atomic E-state index is 11.1. The van der Waals surface area contributed by atoms with Gasteiger partial charge in [-0.05, 0) is 12.8 Å². The van der Waals surface area contributed by atoms with E-state index < -0.39 is 0 Å². The van der Waals surface area contributed by atoms with Crippen molar-refractivity contribution in [2.45, 2.75) is 25.4 Å². The van der Waals surface area contributed by atoms with E-state index in [9.17, 15) is 4.79 Å². The number of rotatable bonds is 6. The fraction of sp³-hybridized carbons (Fsp3) is 0.688. The molecule has 0 aliphatic carbocycles. The summed E-state index contributed by atoms with van der Waals surface area (Å²) in [5, 5.41) is 7.56. The molecule has 0 radical (unpaired) electrons. The molecule has 1 saturated heterocycles. The molecule has 1 aliphatic rings. The lowest BCUT2D eigenvalue weighted by Gasteiger charge is -2.34. The topological polar surface area (TPSA) is 81.0 Å². The highest BCUT2D eigenvalue weighted by molar-refractivity contribution is 5.80. The van der Waals surface area contributed by atoms with Crippen LogP contribution in [-0.4, -0.2) is 67.0 Å². The Kier molecular flexibility index (Phi) is 7.05. The molecule has 1 aromatic heterocycles. The van der Waals surface area contributed by atoms with Gasteiger partial charge in [-0.1, -0.05) is 0 Å². The molecule has 8 nitrogen and oxygen atoms in total. The second-order valence-corrected chi connectivity index (χ2v) is 5.76. The van der Waals surface area contributed by atoms with E-state index in [1.807, 2.05) is 19.4 Å². The van der Waals surface area contributed by atoms with Crippen LogP contribution in [0.3, 0.4) is 0 Å². The fourth-order valence-corrected chi connectivity index (χ4v) is 2.68. The maximum atomic E-state index is 11.1. The Balaban J connectivity index is 1.78. The number of morpholine rings is 1. The van der Waals surface area contributed by atoms with Crippen molar-refractivity contribution < 1.29 is 14.3 Å². The van der Waals surface area contributed by atoms with E-state index in [-0.39, 0.29) is 12.1 Å². The number of aliphatic imine (C=N–C) groups is 1. The van der Waals surface area contributed by atoms with Crippen molar-refractivity contribution in [3.05, 3.63) is 18.0 Å². The van der Waals surface area contributed by atoms with Crippen LogP contribution < -0.4 is 5.32 Å². The molecule has 1 fully saturated rings. The summed E-state index contributed by atoms with van der Waals surface area (Å²) in [4.78, 5) is 17.6. The van der Waals surface area contributed by atoms with Crippen LogP contribution in [-0.2, 0) is 21.3 Å². The Morgan fingerprint density at radius 1 is 1.54 bits per heavy atom. The summed E-state index contributed by atoms with van der Waals surface area (Å²) >= 11 is 0. The zero-order chi connectivity index (χ0) is 17.4. The minimum atomic E-state index is -0.160. The fourth-order valence-electron chi connectivity index (χ4n) is 2.68. The molecular weight excluding hydrogens is 310 g/mol. The van der Waals surface area contributed by atoms with Crippen molar-refractivity contribution in [2.75, 3.05) is 40.4 Å². The Bertz CT molecular complexity index is 558. The largest absolute Gasteiger partial charge is 0.469 e. The van der Waals surface area contributed by atoms with Crippen molar-refractivity contribution in [2.24, 2.45) is 12.0 Å². The SMILES string of the molecule is CN=C(NCCCCC(=O)OC)N1CCOC(c2cnn(C)c2)C1. The standard InChI is InChI=1S/C16H27N5O3/c1-17-16(18-7-5-4-6-15(22)23-3)21-8-9-24-14(12-21)13-10-19-20(2)11-13/h10-11,14H,4-9,12H2,1-3H3,(H,17,18). The number of ether oxygens (including phenoxy) is 2. The number of hydrogen-bond acceptors (Lipinski definition) is 5. The van der Waals surface area contributed by atoms with Gasteiger partial charge >= 0.3 is 5.97 Å². The average Bonchev–Trinajstić information content (AvgIpc) is 3.04. The number of aromatic nitrogens is 2. The van der Waals surface area contributed by atoms with E-state index >= 15 is 0 Å². The number of aryl methyl sites for hydroxylation is 1. The lowest BCUT2D eigenvalue weighted by Crippen LogP contribution is -2.48. The summed E-state index contributed by atoms with van der Waals surface area (Å²) in [5.41, 5.74) is 1.08. The molecule has 1 aliphatic heterocycles. The van der Waals surface area contributed by atoms with Crippen molar-refractivity contribution in [3.8, 4) is 0 Å². The van der Waals surface area contributed by atoms with Gasteiger partial charge in [-0.3, -0.25) is 14.5 Å². The average molecular weight is 337 g/mol. The molecule has 0 bridgehead atoms. The molecule has 1 aromatic rings. The summed E-state index contributed by atoms with van der Waals surface area (Å²) < 4.78 is 12.3. The van der Waals surface area contributed by atoms with Crippen LogP contribution in [0.15, 0.2) is 17.4 Å². The van der Waals surface area contributed by atoms with Crippen LogP contribution in [0.5, 0.6) is 0 Å². The predicted octanol–water partition coefficient (Wildman–Crippen LogP) is 0.712. The maximum Gasteiger partial charge on any atom is 0.305 e. The van der Waals surface area contributed by atoms with Gasteiger partial charge in [0, 0.05) is 45.4 Å². The summed E-state index contributed by atoms with van der Waals surface area (Å²) in [6.07, 6.45) is 5.99. The number of carbonyl (C=O) groups excluding carboxylic acids is 1. The van der Waals surface area contributed by atoms with Gasteiger partial charge in [-0.2, -0.15) is 5.10 Å². The van der Waals surface area contributed by atoms with Crippen molar-refractivity contribution in [1.29, 1.82) is 0 Å². The molecule has 8 heteroatoms. The van der Waals surface area contributed by atoms with Gasteiger partial charge < -0.3 is 19.7 Å². The Labute approximate surface area is 142 Å². The number of unbranched alkanes of at least 4 members (excludes halogenated alkanes) is 1. The number of nitrogens with one attached hydrogen (secondary N) is 1. The number of esters is 1. The highest BCUT2D eigenvalue weighted by atomic mass is 16.5. The van der Waals surface area contributed by atoms with Gasteiger partial charge in [0.25, 0.3) is 0 Å². The molecule has 24 heavy (non-hydrogen) atoms. The third-order valence-corrected chi connectivity index (χ3v) is 3.99. The Morgan fingerprint density at radius 2 is 2.38 bits per heavy atom. The normalized spacial score (nSPS) is 18.5. The first-order valence-corrected chi connectivity index (χ1v) is 8.26. The summed E-state index contributed by atoms with van der Waals surface area (Å²) in [6, 6.07) is 0. The first kappa shape index (κ1) is 18.3. The molecule has 0 spiro atoms. The van der Waals surface area contributed by atoms with Gasteiger partial charge in [-0.25, -0.2) is 0 Å². The van der Waals surface area contributed by atoms with E-state index in [0.717, 1.165) is 44.0 Å². The van der Waals surface area contributed by atoms with Crippen molar-refractivity contribution in [3.63, 3.8) is 0 Å². The summed E-state index contributed by atoms with van der Waals surface area (Å²) in [5.74, 6) is 0.706. The number of nitrogens with zero attached hydrogens (tertiary/aromatic N) is 4. The van der Waals surface area contributed by atoms with Crippen molar-refractivity contribution >= 4 is 11.9 Å². The molecule has 1 N–H and O–H groups in total. The van der Waals surface area contributed by atoms with E-state index in [2.05, 4.69) is 25.0 Å². The van der Waals surface area contributed by atoms with Crippen LogP contribution in [0, 0.1) is 0 Å². The number of guanidine groups is 1. The van der Waals surface area contributed by atoms with Gasteiger partial charge in [-0.15, -0.1) is 0 Å². The number of carbonyl (C=O) groups is 1. The second-order valence-electron chi connectivity index (χ2n) is 5.76. The summed E-state index contributed by atoms with van der Waals surface area (Å²) in [7, 11) is 5.10. The number of hydrogen-bond donors (Lipinski definition) is 1. The zero-order valence-corrected chi connectivity index (χ0v) is 14.7. The Morgan fingerprint density at radius 3 is 3.04 bits per heavy atom. The first-order chi connectivity index (χ1) is 11.6. The molecule has 0 saturated carbocycles. The van der Waals surface area contributed by atoms with Gasteiger partial charge in [0.1, 0.15) is 6.10 Å². The third-order valence-electron chi connectivity index (χ3n) is 3.99. The van der Waals surface area contributed by atoms with E-state index in [0.29, 0.717) is 13.0 Å². The van der Waals surface area contributed by atoms with Crippen molar-refractivity contribution in [1.82, 2.24) is 20.0 Å². The van der Waals surface area contributed by atoms with E-state index in [1.165, 1.54) is 7.11 Å². The lowest BCUT2D eigenvalue weighted by molar-refractivity contribution is -0.140. The molecule has 1 atom stereocenters. The quantitative estimate of drug-likeness (QED) is 0.356. The lowest BCUT2D eigenvalue weighted by atomic mass is 10.1. The predicted molar refractivity (Wildman–Crippen MR) is 90.7 cm³/mol. The number of methoxy groups -OCH3 is 1. The summed E-state index contributed by atoms with van der Waals surface area (Å²) in [6.45, 7) is 2.98.